The van der Waals surface area contributed by atoms with Crippen LogP contribution in [0, 0.1) is 6.92 Å². The fraction of sp³-hybridized carbons (Fsp3) is 0.0500. The van der Waals surface area contributed by atoms with E-state index in [4.69, 9.17) is 0 Å². The number of hydrogen-bond donors (Lipinski definition) is 1. The Labute approximate surface area is 173 Å². The fourth-order valence-corrected chi connectivity index (χ4v) is 4.56. The molecule has 5 rings (SSSR count). The molecule has 9 heteroatoms. The van der Waals surface area contributed by atoms with Crippen molar-refractivity contribution in [2.45, 2.75) is 6.92 Å². The van der Waals surface area contributed by atoms with Crippen LogP contribution in [0.25, 0.3) is 25.8 Å². The molecular formula is C20H14N6OS2. The van der Waals surface area contributed by atoms with Gasteiger partial charge in [-0.25, -0.2) is 9.97 Å². The molecule has 3 aromatic heterocycles. The fourth-order valence-electron chi connectivity index (χ4n) is 2.89. The molecule has 0 fully saturated rings. The van der Waals surface area contributed by atoms with Gasteiger partial charge in [-0.05, 0) is 24.6 Å². The minimum atomic E-state index is -0.290. The smallest absolute Gasteiger partial charge is 0.291 e. The van der Waals surface area contributed by atoms with Crippen LogP contribution in [0.4, 0.5) is 10.8 Å². The van der Waals surface area contributed by atoms with E-state index in [1.807, 2.05) is 54.6 Å². The first-order valence-electron chi connectivity index (χ1n) is 8.79. The number of benzene rings is 2. The molecule has 2 aromatic carbocycles. The van der Waals surface area contributed by atoms with E-state index in [1.54, 1.807) is 13.1 Å². The number of aryl methyl sites for hydroxylation is 1. The summed E-state index contributed by atoms with van der Waals surface area (Å²) in [6, 6.07) is 17.7. The Kier molecular flexibility index (Phi) is 4.38. The van der Waals surface area contributed by atoms with E-state index in [0.29, 0.717) is 16.0 Å². The lowest BCUT2D eigenvalue weighted by molar-refractivity contribution is 0.826. The molecule has 0 saturated carbocycles. The van der Waals surface area contributed by atoms with Crippen molar-refractivity contribution in [3.8, 4) is 15.6 Å². The van der Waals surface area contributed by atoms with Crippen molar-refractivity contribution in [2.24, 2.45) is 10.2 Å². The molecule has 0 aliphatic carbocycles. The van der Waals surface area contributed by atoms with Crippen LogP contribution in [-0.4, -0.2) is 19.7 Å². The third kappa shape index (κ3) is 3.30. The summed E-state index contributed by atoms with van der Waals surface area (Å²) in [5.41, 5.74) is 2.51. The summed E-state index contributed by atoms with van der Waals surface area (Å²) < 4.78 is 2.43. The molecule has 142 valence electrons. The maximum Gasteiger partial charge on any atom is 0.301 e. The van der Waals surface area contributed by atoms with Crippen molar-refractivity contribution in [1.29, 1.82) is 0 Å². The monoisotopic (exact) mass is 418 g/mol. The summed E-state index contributed by atoms with van der Waals surface area (Å²) in [6.07, 6.45) is 1.76. The third-order valence-electron chi connectivity index (χ3n) is 4.30. The Bertz CT molecular complexity index is 1360. The van der Waals surface area contributed by atoms with Gasteiger partial charge in [-0.2, -0.15) is 4.68 Å². The Morgan fingerprint density at radius 1 is 1.00 bits per heavy atom. The molecule has 0 radical (unpaired) electrons. The normalized spacial score (nSPS) is 11.6. The minimum absolute atomic E-state index is 0.251. The lowest BCUT2D eigenvalue weighted by Gasteiger charge is -1.95. The minimum Gasteiger partial charge on any atom is -0.291 e. The predicted molar refractivity (Wildman–Crippen MR) is 116 cm³/mol. The van der Waals surface area contributed by atoms with Crippen molar-refractivity contribution in [3.63, 3.8) is 0 Å². The summed E-state index contributed by atoms with van der Waals surface area (Å²) in [5.74, 6) is 0. The quantitative estimate of drug-likeness (QED) is 0.384. The molecule has 0 atom stereocenters. The highest BCUT2D eigenvalue weighted by atomic mass is 32.1. The highest BCUT2D eigenvalue weighted by Crippen LogP contribution is 2.30. The first kappa shape index (κ1) is 17.7. The Hall–Kier alpha value is -3.43. The first-order valence-corrected chi connectivity index (χ1v) is 10.4. The maximum atomic E-state index is 12.9. The molecular weight excluding hydrogens is 404 g/mol. The largest absolute Gasteiger partial charge is 0.301 e. The second-order valence-corrected chi connectivity index (χ2v) is 8.28. The van der Waals surface area contributed by atoms with Gasteiger partial charge in [-0.15, -0.1) is 10.2 Å². The number of azo groups is 1. The van der Waals surface area contributed by atoms with E-state index in [-0.39, 0.29) is 11.2 Å². The molecule has 0 amide bonds. The number of aromatic amines is 1. The van der Waals surface area contributed by atoms with Crippen molar-refractivity contribution in [1.82, 2.24) is 19.7 Å². The van der Waals surface area contributed by atoms with Crippen LogP contribution in [0.1, 0.15) is 5.69 Å². The van der Waals surface area contributed by atoms with Gasteiger partial charge < -0.3 is 0 Å². The first-order chi connectivity index (χ1) is 14.2. The topological polar surface area (TPSA) is 88.3 Å². The van der Waals surface area contributed by atoms with Crippen LogP contribution in [0.2, 0.25) is 0 Å². The van der Waals surface area contributed by atoms with Crippen LogP contribution < -0.4 is 5.56 Å². The molecule has 0 aliphatic rings. The number of fused-ring (bicyclic) bond motifs is 1. The number of aromatic nitrogens is 4. The number of thiazole rings is 2. The van der Waals surface area contributed by atoms with E-state index in [0.717, 1.165) is 20.7 Å². The van der Waals surface area contributed by atoms with Crippen LogP contribution in [0.5, 0.6) is 0 Å². The zero-order chi connectivity index (χ0) is 19.8. The standard InChI is InChI=1S/C20H14N6OS2/c1-12-17(23-24-19-22-14-9-5-6-10-15(14)28-19)18(27)26(25-12)20-21-11-16(29-20)13-7-3-2-4-8-13/h2-11,25H,1H3. The summed E-state index contributed by atoms with van der Waals surface area (Å²) in [7, 11) is 0. The van der Waals surface area contributed by atoms with Gasteiger partial charge in [-0.1, -0.05) is 65.1 Å². The zero-order valence-electron chi connectivity index (χ0n) is 15.2. The molecule has 5 aromatic rings. The van der Waals surface area contributed by atoms with E-state index in [2.05, 4.69) is 25.3 Å². The van der Waals surface area contributed by atoms with Crippen molar-refractivity contribution >= 4 is 43.7 Å². The van der Waals surface area contributed by atoms with Gasteiger partial charge in [0.15, 0.2) is 5.69 Å². The van der Waals surface area contributed by atoms with E-state index >= 15 is 0 Å². The molecule has 0 saturated heterocycles. The van der Waals surface area contributed by atoms with Gasteiger partial charge in [0, 0.05) is 6.20 Å². The van der Waals surface area contributed by atoms with Crippen LogP contribution in [-0.2, 0) is 0 Å². The Morgan fingerprint density at radius 3 is 2.62 bits per heavy atom. The predicted octanol–water partition coefficient (Wildman–Crippen LogP) is 5.62. The number of nitrogens with zero attached hydrogens (tertiary/aromatic N) is 5. The molecule has 1 N–H and O–H groups in total. The molecule has 0 spiro atoms. The van der Waals surface area contributed by atoms with E-state index in [9.17, 15) is 4.79 Å². The Morgan fingerprint density at radius 2 is 1.79 bits per heavy atom. The molecule has 7 nitrogen and oxygen atoms in total. The number of nitrogens with one attached hydrogen (secondary N) is 1. The third-order valence-corrected chi connectivity index (χ3v) is 6.25. The number of rotatable bonds is 4. The van der Waals surface area contributed by atoms with Gasteiger partial charge in [-0.3, -0.25) is 9.89 Å². The van der Waals surface area contributed by atoms with Gasteiger partial charge >= 0.3 is 5.56 Å². The lowest BCUT2D eigenvalue weighted by atomic mass is 10.2. The van der Waals surface area contributed by atoms with Crippen LogP contribution >= 0.6 is 22.7 Å². The van der Waals surface area contributed by atoms with Gasteiger partial charge in [0.25, 0.3) is 0 Å². The van der Waals surface area contributed by atoms with E-state index < -0.39 is 0 Å². The molecule has 0 bridgehead atoms. The maximum absolute atomic E-state index is 12.9. The van der Waals surface area contributed by atoms with Gasteiger partial charge in [0.05, 0.1) is 20.8 Å². The van der Waals surface area contributed by atoms with Gasteiger partial charge in [0.1, 0.15) is 0 Å². The number of para-hydroxylation sites is 1. The Balaban J connectivity index is 1.48. The van der Waals surface area contributed by atoms with Crippen molar-refractivity contribution in [2.75, 3.05) is 0 Å². The second-order valence-electron chi connectivity index (χ2n) is 6.26. The van der Waals surface area contributed by atoms with Crippen LogP contribution in [0.3, 0.4) is 0 Å². The molecule has 0 unspecified atom stereocenters. The lowest BCUT2D eigenvalue weighted by Crippen LogP contribution is -2.13. The molecule has 3 heterocycles. The number of hydrogen-bond acceptors (Lipinski definition) is 7. The van der Waals surface area contributed by atoms with Gasteiger partial charge in [0.2, 0.25) is 10.3 Å². The summed E-state index contributed by atoms with van der Waals surface area (Å²) in [6.45, 7) is 1.79. The summed E-state index contributed by atoms with van der Waals surface area (Å²) in [5, 5.41) is 12.4. The van der Waals surface area contributed by atoms with E-state index in [1.165, 1.54) is 27.4 Å². The van der Waals surface area contributed by atoms with Crippen LogP contribution in [0.15, 0.2) is 75.8 Å². The zero-order valence-corrected chi connectivity index (χ0v) is 16.9. The highest BCUT2D eigenvalue weighted by molar-refractivity contribution is 7.21. The average Bonchev–Trinajstić information content (AvgIpc) is 3.45. The highest BCUT2D eigenvalue weighted by Gasteiger charge is 2.15. The summed E-state index contributed by atoms with van der Waals surface area (Å²) in [4.78, 5) is 22.7. The SMILES string of the molecule is Cc1[nH]n(-c2ncc(-c3ccccc3)s2)c(=O)c1N=Nc1nc2ccccc2s1. The number of H-pyrrole nitrogens is 1. The van der Waals surface area contributed by atoms with Crippen molar-refractivity contribution in [3.05, 3.63) is 76.8 Å². The van der Waals surface area contributed by atoms with Crippen molar-refractivity contribution < 1.29 is 0 Å². The molecule has 0 aliphatic heterocycles. The second kappa shape index (κ2) is 7.19. The average molecular weight is 419 g/mol. The summed E-state index contributed by atoms with van der Waals surface area (Å²) >= 11 is 2.86. The molecule has 29 heavy (non-hydrogen) atoms.